The molecular formula is C21H24N2O4S. The number of carbonyl (C=O) groups excluding carboxylic acids is 3. The number of aryl methyl sites for hydroxylation is 2. The van der Waals surface area contributed by atoms with Gasteiger partial charge in [-0.15, -0.1) is 11.3 Å². The monoisotopic (exact) mass is 400 g/mol. The predicted octanol–water partition coefficient (Wildman–Crippen LogP) is 3.87. The van der Waals surface area contributed by atoms with E-state index in [1.807, 2.05) is 24.3 Å². The Bertz CT molecular complexity index is 887. The highest BCUT2D eigenvalue weighted by atomic mass is 32.1. The van der Waals surface area contributed by atoms with Crippen LogP contribution in [0, 0.1) is 0 Å². The van der Waals surface area contributed by atoms with Crippen molar-refractivity contribution in [3.05, 3.63) is 51.4 Å². The van der Waals surface area contributed by atoms with Crippen LogP contribution in [0.1, 0.15) is 52.2 Å². The third-order valence-corrected chi connectivity index (χ3v) is 5.90. The zero-order valence-corrected chi connectivity index (χ0v) is 16.9. The number of imide groups is 1. The average Bonchev–Trinajstić information content (AvgIpc) is 3.22. The van der Waals surface area contributed by atoms with E-state index in [-0.39, 0.29) is 18.9 Å². The Morgan fingerprint density at radius 1 is 1.07 bits per heavy atom. The molecule has 1 aliphatic rings. The second-order valence-electron chi connectivity index (χ2n) is 6.63. The maximum Gasteiger partial charge on any atom is 0.414 e. The Labute approximate surface area is 168 Å². The summed E-state index contributed by atoms with van der Waals surface area (Å²) in [5.41, 5.74) is 3.45. The molecule has 3 amide bonds. The first kappa shape index (κ1) is 20.1. The van der Waals surface area contributed by atoms with Crippen molar-refractivity contribution < 1.29 is 19.1 Å². The van der Waals surface area contributed by atoms with Gasteiger partial charge in [0.25, 0.3) is 5.91 Å². The molecule has 0 unspecified atom stereocenters. The van der Waals surface area contributed by atoms with Gasteiger partial charge in [0.05, 0.1) is 18.6 Å². The van der Waals surface area contributed by atoms with Gasteiger partial charge >= 0.3 is 6.09 Å². The van der Waals surface area contributed by atoms with E-state index in [1.54, 1.807) is 6.92 Å². The number of fused-ring (bicyclic) bond motifs is 1. The number of anilines is 1. The van der Waals surface area contributed by atoms with E-state index in [0.717, 1.165) is 41.7 Å². The van der Waals surface area contributed by atoms with Gasteiger partial charge in [-0.3, -0.25) is 14.9 Å². The molecule has 0 bridgehead atoms. The summed E-state index contributed by atoms with van der Waals surface area (Å²) in [5.74, 6) is -0.713. The first-order chi connectivity index (χ1) is 13.5. The van der Waals surface area contributed by atoms with E-state index in [1.165, 1.54) is 16.9 Å². The molecule has 1 heterocycles. The molecule has 148 valence electrons. The topological polar surface area (TPSA) is 84.5 Å². The summed E-state index contributed by atoms with van der Waals surface area (Å²) in [4.78, 5) is 37.9. The van der Waals surface area contributed by atoms with Gasteiger partial charge in [-0.2, -0.15) is 0 Å². The summed E-state index contributed by atoms with van der Waals surface area (Å²) < 4.78 is 4.79. The van der Waals surface area contributed by atoms with Crippen LogP contribution in [0.15, 0.2) is 24.3 Å². The molecule has 0 spiro atoms. The lowest BCUT2D eigenvalue weighted by Crippen LogP contribution is -2.32. The normalized spacial score (nSPS) is 12.4. The van der Waals surface area contributed by atoms with Crippen molar-refractivity contribution in [2.45, 2.75) is 46.0 Å². The van der Waals surface area contributed by atoms with Crippen LogP contribution in [0.25, 0.3) is 0 Å². The van der Waals surface area contributed by atoms with Gasteiger partial charge in [-0.1, -0.05) is 31.2 Å². The van der Waals surface area contributed by atoms with E-state index in [2.05, 4.69) is 17.6 Å². The minimum atomic E-state index is -0.779. The van der Waals surface area contributed by atoms with Gasteiger partial charge in [0, 0.05) is 4.88 Å². The number of ether oxygens (including phenoxy) is 1. The summed E-state index contributed by atoms with van der Waals surface area (Å²) in [6.45, 7) is 3.94. The van der Waals surface area contributed by atoms with Gasteiger partial charge < -0.3 is 10.1 Å². The van der Waals surface area contributed by atoms with Crippen LogP contribution in [0.2, 0.25) is 0 Å². The van der Waals surface area contributed by atoms with Crippen LogP contribution in [0.3, 0.4) is 0 Å². The highest BCUT2D eigenvalue weighted by molar-refractivity contribution is 7.17. The van der Waals surface area contributed by atoms with Crippen LogP contribution < -0.4 is 10.6 Å². The molecule has 0 fully saturated rings. The lowest BCUT2D eigenvalue weighted by atomic mass is 10.1. The van der Waals surface area contributed by atoms with Crippen molar-refractivity contribution in [2.24, 2.45) is 0 Å². The number of hydrogen-bond acceptors (Lipinski definition) is 5. The minimum absolute atomic E-state index is 0.182. The van der Waals surface area contributed by atoms with E-state index in [4.69, 9.17) is 4.74 Å². The van der Waals surface area contributed by atoms with E-state index >= 15 is 0 Å². The molecule has 1 aromatic carbocycles. The summed E-state index contributed by atoms with van der Waals surface area (Å²) in [6, 6.07) is 7.92. The number of nitrogens with one attached hydrogen (secondary N) is 2. The highest BCUT2D eigenvalue weighted by Crippen LogP contribution is 2.39. The third-order valence-electron chi connectivity index (χ3n) is 4.69. The Hall–Kier alpha value is -2.67. The molecule has 0 radical (unpaired) electrons. The smallest absolute Gasteiger partial charge is 0.414 e. The van der Waals surface area contributed by atoms with Crippen LogP contribution >= 0.6 is 11.3 Å². The molecule has 1 aliphatic carbocycles. The van der Waals surface area contributed by atoms with Gasteiger partial charge in [0.15, 0.2) is 0 Å². The largest absolute Gasteiger partial charge is 0.450 e. The fourth-order valence-electron chi connectivity index (χ4n) is 3.30. The van der Waals surface area contributed by atoms with E-state index in [9.17, 15) is 14.4 Å². The Balaban J connectivity index is 1.75. The van der Waals surface area contributed by atoms with E-state index < -0.39 is 12.0 Å². The van der Waals surface area contributed by atoms with Crippen LogP contribution in [-0.4, -0.2) is 24.5 Å². The zero-order chi connectivity index (χ0) is 20.1. The molecule has 1 aromatic heterocycles. The highest BCUT2D eigenvalue weighted by Gasteiger charge is 2.28. The lowest BCUT2D eigenvalue weighted by molar-refractivity contribution is -0.115. The van der Waals surface area contributed by atoms with E-state index in [0.29, 0.717) is 10.6 Å². The molecular weight excluding hydrogens is 376 g/mol. The Morgan fingerprint density at radius 3 is 2.46 bits per heavy atom. The van der Waals surface area contributed by atoms with Crippen LogP contribution in [0.5, 0.6) is 0 Å². The molecule has 6 nitrogen and oxygen atoms in total. The van der Waals surface area contributed by atoms with Crippen molar-refractivity contribution in [3.8, 4) is 0 Å². The van der Waals surface area contributed by atoms with Crippen molar-refractivity contribution in [1.29, 1.82) is 0 Å². The fraction of sp³-hybridized carbons (Fsp3) is 0.381. The van der Waals surface area contributed by atoms with Crippen molar-refractivity contribution in [2.75, 3.05) is 11.9 Å². The number of alkyl carbamates (subject to hydrolysis) is 1. The predicted molar refractivity (Wildman–Crippen MR) is 109 cm³/mol. The molecule has 0 saturated carbocycles. The molecule has 3 rings (SSSR count). The number of rotatable bonds is 6. The first-order valence-corrected chi connectivity index (χ1v) is 10.3. The molecule has 2 N–H and O–H groups in total. The van der Waals surface area contributed by atoms with Crippen LogP contribution in [0.4, 0.5) is 9.80 Å². The van der Waals surface area contributed by atoms with Gasteiger partial charge in [-0.05, 0) is 49.3 Å². The number of benzene rings is 1. The molecule has 2 aromatic rings. The minimum Gasteiger partial charge on any atom is -0.450 e. The van der Waals surface area contributed by atoms with Crippen LogP contribution in [-0.2, 0) is 35.2 Å². The Morgan fingerprint density at radius 2 is 1.79 bits per heavy atom. The summed E-state index contributed by atoms with van der Waals surface area (Å²) in [7, 11) is 0. The number of amides is 3. The lowest BCUT2D eigenvalue weighted by Gasteiger charge is -2.09. The summed E-state index contributed by atoms with van der Waals surface area (Å²) >= 11 is 1.42. The fourth-order valence-corrected chi connectivity index (χ4v) is 4.61. The third kappa shape index (κ3) is 4.59. The van der Waals surface area contributed by atoms with Crippen molar-refractivity contribution in [1.82, 2.24) is 5.32 Å². The summed E-state index contributed by atoms with van der Waals surface area (Å²) in [6.07, 6.45) is 3.02. The standard InChI is InChI=1S/C21H24N2O4S/c1-3-13-8-10-14(11-9-13)12-17(24)22-20-18(15-6-5-7-16(15)28-20)19(25)23-21(26)27-4-2/h8-11H,3-7,12H2,1-2H3,(H,22,24)(H,23,25,26). The number of thiophene rings is 1. The van der Waals surface area contributed by atoms with Gasteiger partial charge in [0.1, 0.15) is 5.00 Å². The number of carbonyl (C=O) groups is 3. The molecule has 28 heavy (non-hydrogen) atoms. The number of hydrogen-bond donors (Lipinski definition) is 2. The SMILES string of the molecule is CCOC(=O)NC(=O)c1c(NC(=O)Cc2ccc(CC)cc2)sc2c1CCC2. The first-order valence-electron chi connectivity index (χ1n) is 9.52. The van der Waals surface area contributed by atoms with Gasteiger partial charge in [0.2, 0.25) is 5.91 Å². The second-order valence-corrected chi connectivity index (χ2v) is 7.74. The Kier molecular flexibility index (Phi) is 6.46. The van der Waals surface area contributed by atoms with Gasteiger partial charge in [-0.25, -0.2) is 4.79 Å². The maximum atomic E-state index is 12.6. The molecule has 0 atom stereocenters. The van der Waals surface area contributed by atoms with Crippen molar-refractivity contribution >= 4 is 34.2 Å². The quantitative estimate of drug-likeness (QED) is 0.771. The summed E-state index contributed by atoms with van der Waals surface area (Å²) in [5, 5.41) is 5.62. The molecule has 0 aliphatic heterocycles. The molecule has 0 saturated heterocycles. The van der Waals surface area contributed by atoms with Crippen molar-refractivity contribution in [3.63, 3.8) is 0 Å². The second kappa shape index (κ2) is 9.01. The average molecular weight is 401 g/mol. The maximum absolute atomic E-state index is 12.6. The zero-order valence-electron chi connectivity index (χ0n) is 16.1. The molecule has 7 heteroatoms.